The van der Waals surface area contributed by atoms with Crippen molar-refractivity contribution in [2.24, 2.45) is 0 Å². The molecule has 2 atom stereocenters. The lowest BCUT2D eigenvalue weighted by molar-refractivity contribution is 0.187. The predicted octanol–water partition coefficient (Wildman–Crippen LogP) is 2.37. The number of allylic oxidation sites excluding steroid dienone is 1. The van der Waals surface area contributed by atoms with Gasteiger partial charge in [-0.1, -0.05) is 11.6 Å². The molecule has 3 N–H and O–H groups in total. The Morgan fingerprint density at radius 1 is 1.48 bits per heavy atom. The Bertz CT molecular complexity index is 947. The van der Waals surface area contributed by atoms with E-state index in [1.54, 1.807) is 0 Å². The highest BCUT2D eigenvalue weighted by atomic mass is 35.5. The summed E-state index contributed by atoms with van der Waals surface area (Å²) in [5.74, 6) is -0.595. The quantitative estimate of drug-likeness (QED) is 0.617. The van der Waals surface area contributed by atoms with E-state index in [9.17, 15) is 17.6 Å². The first-order valence-electron chi connectivity index (χ1n) is 9.06. The van der Waals surface area contributed by atoms with Crippen molar-refractivity contribution in [1.29, 1.82) is 5.41 Å². The number of nitrogens with one attached hydrogen (secondary N) is 3. The van der Waals surface area contributed by atoms with Crippen molar-refractivity contribution in [3.8, 4) is 0 Å². The topological polar surface area (TPSA) is 112 Å². The molecule has 2 heterocycles. The van der Waals surface area contributed by atoms with E-state index in [0.29, 0.717) is 25.3 Å². The largest absolute Gasteiger partial charge is 0.384 e. The average molecular weight is 445 g/mol. The number of hydrogen-bond donors (Lipinski definition) is 3. The van der Waals surface area contributed by atoms with Gasteiger partial charge < -0.3 is 25.7 Å². The van der Waals surface area contributed by atoms with E-state index in [1.807, 2.05) is 6.92 Å². The average Bonchev–Trinajstić information content (AvgIpc) is 3.22. The van der Waals surface area contributed by atoms with Gasteiger partial charge in [-0.3, -0.25) is 0 Å². The van der Waals surface area contributed by atoms with Gasteiger partial charge in [0.25, 0.3) is 0 Å². The molecular weight excluding hydrogens is 423 g/mol. The number of anilines is 1. The molecule has 2 fully saturated rings. The number of piperazine rings is 1. The molecule has 1 unspecified atom stereocenters. The second-order valence-corrected chi connectivity index (χ2v) is 9.54. The van der Waals surface area contributed by atoms with Crippen molar-refractivity contribution in [3.63, 3.8) is 0 Å². The summed E-state index contributed by atoms with van der Waals surface area (Å²) in [6.45, 7) is 2.58. The number of amides is 2. The number of nitrogens with zero attached hydrogens (tertiary/aromatic N) is 1. The van der Waals surface area contributed by atoms with Gasteiger partial charge >= 0.3 is 6.03 Å². The SMILES string of the molecule is C[C@H]1CN/C(=C(\C=N)S(=O)(=O)C2CCOC2)CN1C(=O)Nc1ccc(F)c(Cl)c1. The highest BCUT2D eigenvalue weighted by Crippen LogP contribution is 2.25. The third-order valence-electron chi connectivity index (χ3n) is 4.96. The van der Waals surface area contributed by atoms with Crippen LogP contribution in [0.15, 0.2) is 28.8 Å². The zero-order chi connectivity index (χ0) is 21.2. The summed E-state index contributed by atoms with van der Waals surface area (Å²) in [5, 5.41) is 12.5. The Balaban J connectivity index is 1.83. The Hall–Kier alpha value is -2.17. The van der Waals surface area contributed by atoms with Gasteiger partial charge in [-0.2, -0.15) is 0 Å². The van der Waals surface area contributed by atoms with Crippen LogP contribution in [0.4, 0.5) is 14.9 Å². The maximum Gasteiger partial charge on any atom is 0.322 e. The van der Waals surface area contributed by atoms with E-state index < -0.39 is 26.9 Å². The number of benzene rings is 1. The molecule has 8 nitrogen and oxygen atoms in total. The van der Waals surface area contributed by atoms with Crippen molar-refractivity contribution < 1.29 is 22.3 Å². The first kappa shape index (κ1) is 21.5. The summed E-state index contributed by atoms with van der Waals surface area (Å²) in [7, 11) is -3.75. The monoisotopic (exact) mass is 444 g/mol. The predicted molar refractivity (Wildman–Crippen MR) is 109 cm³/mol. The molecule has 2 aliphatic rings. The molecule has 0 saturated carbocycles. The highest BCUT2D eigenvalue weighted by molar-refractivity contribution is 7.96. The van der Waals surface area contributed by atoms with Gasteiger partial charge in [-0.15, -0.1) is 0 Å². The van der Waals surface area contributed by atoms with Gasteiger partial charge in [0.15, 0.2) is 9.84 Å². The van der Waals surface area contributed by atoms with Crippen molar-refractivity contribution in [2.45, 2.75) is 24.6 Å². The van der Waals surface area contributed by atoms with Gasteiger partial charge in [0.05, 0.1) is 29.1 Å². The van der Waals surface area contributed by atoms with E-state index in [0.717, 1.165) is 12.3 Å². The van der Waals surface area contributed by atoms with Crippen LogP contribution in [0.3, 0.4) is 0 Å². The molecule has 0 bridgehead atoms. The van der Waals surface area contributed by atoms with E-state index in [4.69, 9.17) is 21.7 Å². The fourth-order valence-corrected chi connectivity index (χ4v) is 5.11. The summed E-state index contributed by atoms with van der Waals surface area (Å²) >= 11 is 5.75. The van der Waals surface area contributed by atoms with Crippen molar-refractivity contribution in [1.82, 2.24) is 10.2 Å². The molecule has 3 rings (SSSR count). The summed E-state index contributed by atoms with van der Waals surface area (Å²) in [5.41, 5.74) is 0.609. The molecule has 158 valence electrons. The van der Waals surface area contributed by atoms with E-state index in [-0.39, 0.29) is 34.8 Å². The van der Waals surface area contributed by atoms with Crippen molar-refractivity contribution >= 4 is 39.4 Å². The molecule has 29 heavy (non-hydrogen) atoms. The lowest BCUT2D eigenvalue weighted by atomic mass is 10.2. The van der Waals surface area contributed by atoms with Gasteiger partial charge in [0.2, 0.25) is 0 Å². The maximum atomic E-state index is 13.3. The number of carbonyl (C=O) groups is 1. The summed E-state index contributed by atoms with van der Waals surface area (Å²) in [4.78, 5) is 14.1. The molecule has 2 saturated heterocycles. The van der Waals surface area contributed by atoms with Gasteiger partial charge in [0.1, 0.15) is 10.7 Å². The van der Waals surface area contributed by atoms with Gasteiger partial charge in [-0.25, -0.2) is 17.6 Å². The van der Waals surface area contributed by atoms with Crippen LogP contribution >= 0.6 is 11.6 Å². The standard InChI is InChI=1S/C18H22ClFN4O4S/c1-11-8-22-16(17(7-21)29(26,27)13-4-5-28-10-13)9-24(11)18(25)23-12-2-3-15(20)14(19)6-12/h2-3,6-7,11,13,21-22H,4-5,8-10H2,1H3,(H,23,25)/b17-16+,21-7?/t11-,13?/m0/s1. The van der Waals surface area contributed by atoms with E-state index >= 15 is 0 Å². The van der Waals surface area contributed by atoms with Crippen molar-refractivity contribution in [2.75, 3.05) is 31.6 Å². The number of carbonyl (C=O) groups excluding carboxylic acids is 1. The maximum absolute atomic E-state index is 13.3. The Morgan fingerprint density at radius 3 is 2.86 bits per heavy atom. The highest BCUT2D eigenvalue weighted by Gasteiger charge is 2.36. The lowest BCUT2D eigenvalue weighted by Crippen LogP contribution is -2.53. The van der Waals surface area contributed by atoms with Crippen LogP contribution in [-0.4, -0.2) is 63.2 Å². The molecule has 0 spiro atoms. The number of rotatable bonds is 4. The second kappa shape index (κ2) is 8.68. The van der Waals surface area contributed by atoms with Crippen LogP contribution in [0.1, 0.15) is 13.3 Å². The van der Waals surface area contributed by atoms with Crippen molar-refractivity contribution in [3.05, 3.63) is 39.6 Å². The number of halogens is 2. The fraction of sp³-hybridized carbons (Fsp3) is 0.444. The Kier molecular flexibility index (Phi) is 6.45. The van der Waals surface area contributed by atoms with Crippen LogP contribution < -0.4 is 10.6 Å². The van der Waals surface area contributed by atoms with Gasteiger partial charge in [0, 0.05) is 31.1 Å². The first-order chi connectivity index (χ1) is 13.7. The van der Waals surface area contributed by atoms with Crippen LogP contribution in [0.5, 0.6) is 0 Å². The summed E-state index contributed by atoms with van der Waals surface area (Å²) in [6.07, 6.45) is 1.18. The van der Waals surface area contributed by atoms with Crippen LogP contribution in [0.25, 0.3) is 0 Å². The van der Waals surface area contributed by atoms with Gasteiger partial charge in [-0.05, 0) is 31.5 Å². The molecular formula is C18H22ClFN4O4S. The zero-order valence-electron chi connectivity index (χ0n) is 15.7. The number of ether oxygens (including phenoxy) is 1. The van der Waals surface area contributed by atoms with E-state index in [2.05, 4.69) is 10.6 Å². The zero-order valence-corrected chi connectivity index (χ0v) is 17.3. The minimum atomic E-state index is -3.75. The molecule has 2 aliphatic heterocycles. The van der Waals surface area contributed by atoms with Crippen LogP contribution in [0, 0.1) is 11.2 Å². The normalized spacial score (nSPS) is 24.0. The molecule has 0 aliphatic carbocycles. The van der Waals surface area contributed by atoms with Crippen LogP contribution in [0.2, 0.25) is 5.02 Å². The second-order valence-electron chi connectivity index (χ2n) is 6.93. The number of hydrogen-bond acceptors (Lipinski definition) is 6. The smallest absolute Gasteiger partial charge is 0.322 e. The number of sulfone groups is 1. The number of urea groups is 1. The molecule has 0 radical (unpaired) electrons. The summed E-state index contributed by atoms with van der Waals surface area (Å²) in [6, 6.07) is 3.11. The Labute approximate surface area is 173 Å². The third kappa shape index (κ3) is 4.54. The van der Waals surface area contributed by atoms with E-state index in [1.165, 1.54) is 17.0 Å². The first-order valence-corrected chi connectivity index (χ1v) is 11.0. The molecule has 0 aromatic heterocycles. The lowest BCUT2D eigenvalue weighted by Gasteiger charge is -2.36. The van der Waals surface area contributed by atoms with Crippen LogP contribution in [-0.2, 0) is 14.6 Å². The Morgan fingerprint density at radius 2 is 2.24 bits per heavy atom. The third-order valence-corrected chi connectivity index (χ3v) is 7.48. The minimum absolute atomic E-state index is 0.0144. The fourth-order valence-electron chi connectivity index (χ4n) is 3.25. The minimum Gasteiger partial charge on any atom is -0.384 e. The molecule has 2 amide bonds. The molecule has 11 heteroatoms. The summed E-state index contributed by atoms with van der Waals surface area (Å²) < 4.78 is 44.3. The molecule has 1 aromatic carbocycles. The molecule has 1 aromatic rings.